The van der Waals surface area contributed by atoms with Crippen LogP contribution in [0.1, 0.15) is 0 Å². The number of non-ortho nitro benzene ring substituents is 1. The fraction of sp³-hybridized carbons (Fsp3) is 0.0667. The molecular formula is C15H14Cl2N3O7PS2. The van der Waals surface area contributed by atoms with Gasteiger partial charge in [0.15, 0.2) is 0 Å². The maximum atomic E-state index is 12.5. The Morgan fingerprint density at radius 3 is 2.33 bits per heavy atom. The third-order valence-electron chi connectivity index (χ3n) is 3.57. The van der Waals surface area contributed by atoms with Crippen LogP contribution in [0.5, 0.6) is 5.75 Å². The maximum Gasteiger partial charge on any atom is 0.391 e. The topological polar surface area (TPSA) is 171 Å². The van der Waals surface area contributed by atoms with Crippen LogP contribution < -0.4 is 15.4 Å². The lowest BCUT2D eigenvalue weighted by Gasteiger charge is -2.13. The molecule has 2 aromatic carbocycles. The molecule has 0 aliphatic heterocycles. The first-order chi connectivity index (χ1) is 13.5. The van der Waals surface area contributed by atoms with Crippen molar-refractivity contribution in [1.29, 1.82) is 0 Å². The van der Waals surface area contributed by atoms with Gasteiger partial charge in [0, 0.05) is 22.5 Å². The number of halogens is 2. The molecule has 0 fully saturated rings. The van der Waals surface area contributed by atoms with E-state index in [9.17, 15) is 28.0 Å². The average molecular weight is 514 g/mol. The minimum atomic E-state index is -4.43. The molecule has 15 heteroatoms. The summed E-state index contributed by atoms with van der Waals surface area (Å²) in [4.78, 5) is 19.9. The van der Waals surface area contributed by atoms with Crippen molar-refractivity contribution in [3.8, 4) is 5.75 Å². The van der Waals surface area contributed by atoms with Gasteiger partial charge < -0.3 is 15.6 Å². The number of benzene rings is 2. The minimum absolute atomic E-state index is 0. The molecule has 0 saturated heterocycles. The minimum Gasteiger partial charge on any atom is -0.424 e. The molecule has 0 bridgehead atoms. The van der Waals surface area contributed by atoms with Crippen molar-refractivity contribution in [2.45, 2.75) is 4.21 Å². The van der Waals surface area contributed by atoms with Crippen LogP contribution in [-0.4, -0.2) is 24.5 Å². The smallest absolute Gasteiger partial charge is 0.391 e. The Kier molecular flexibility index (Phi) is 7.49. The van der Waals surface area contributed by atoms with Crippen molar-refractivity contribution in [1.82, 2.24) is 10.9 Å². The fourth-order valence-corrected chi connectivity index (χ4v) is 6.73. The van der Waals surface area contributed by atoms with Crippen molar-refractivity contribution in [3.05, 3.63) is 62.6 Å². The molecule has 0 saturated carbocycles. The van der Waals surface area contributed by atoms with Crippen LogP contribution in [-0.2, 0) is 14.6 Å². The summed E-state index contributed by atoms with van der Waals surface area (Å²) in [5.41, 5.74) is -0.229. The van der Waals surface area contributed by atoms with E-state index in [0.29, 0.717) is 20.1 Å². The van der Waals surface area contributed by atoms with E-state index < -0.39 is 28.8 Å². The summed E-state index contributed by atoms with van der Waals surface area (Å²) in [5.74, 6) is -0.124. The SMILES string of the molecule is N.O=[N+]([O-])c1ccc(OP(=O)(O)CNS(=O)(=O)c2cc3c(Cl)ccc(Cl)c3s2)cc1. The third kappa shape index (κ3) is 5.48. The number of nitro groups is 1. The number of thiophene rings is 1. The molecule has 3 rings (SSSR count). The zero-order valence-corrected chi connectivity index (χ0v) is 18.9. The highest BCUT2D eigenvalue weighted by atomic mass is 35.5. The Morgan fingerprint density at radius 1 is 1.17 bits per heavy atom. The number of nitrogens with one attached hydrogen (secondary N) is 1. The van der Waals surface area contributed by atoms with Gasteiger partial charge in [0.05, 0.1) is 14.6 Å². The Morgan fingerprint density at radius 2 is 1.77 bits per heavy atom. The molecule has 162 valence electrons. The van der Waals surface area contributed by atoms with Gasteiger partial charge in [-0.25, -0.2) is 13.0 Å². The predicted molar refractivity (Wildman–Crippen MR) is 116 cm³/mol. The highest BCUT2D eigenvalue weighted by Gasteiger charge is 2.27. The monoisotopic (exact) mass is 513 g/mol. The molecule has 0 amide bonds. The Hall–Kier alpha value is -1.76. The number of hydrogen-bond donors (Lipinski definition) is 3. The largest absolute Gasteiger partial charge is 0.424 e. The molecule has 1 atom stereocenters. The van der Waals surface area contributed by atoms with Gasteiger partial charge in [-0.15, -0.1) is 11.3 Å². The lowest BCUT2D eigenvalue weighted by atomic mass is 10.3. The summed E-state index contributed by atoms with van der Waals surface area (Å²) in [6.07, 6.45) is -0.915. The highest BCUT2D eigenvalue weighted by Crippen LogP contribution is 2.43. The van der Waals surface area contributed by atoms with Crippen molar-refractivity contribution in [2.75, 3.05) is 6.29 Å². The number of nitrogens with zero attached hydrogens (tertiary/aromatic N) is 1. The highest BCUT2D eigenvalue weighted by molar-refractivity contribution is 7.92. The second kappa shape index (κ2) is 9.16. The standard InChI is InChI=1S/C15H11Cl2N2O7PS2.H3N/c16-12-5-6-13(17)15-11(12)7-14(28-15)29(24,25)18-8-27(22,23)26-10-3-1-9(2-4-10)19(20)21;/h1-7,18H,8H2,(H,22,23);1H3. The Balaban J connectivity index is 0.00000320. The first-order valence-electron chi connectivity index (χ1n) is 7.62. The number of nitro benzene ring substituents is 1. The van der Waals surface area contributed by atoms with Crippen LogP contribution in [0.15, 0.2) is 46.7 Å². The van der Waals surface area contributed by atoms with E-state index in [2.05, 4.69) is 0 Å². The third-order valence-corrected chi connectivity index (χ3v) is 8.64. The van der Waals surface area contributed by atoms with Gasteiger partial charge in [0.2, 0.25) is 0 Å². The van der Waals surface area contributed by atoms with Gasteiger partial charge in [-0.05, 0) is 30.3 Å². The van der Waals surface area contributed by atoms with Gasteiger partial charge in [-0.1, -0.05) is 23.2 Å². The van der Waals surface area contributed by atoms with E-state index in [0.717, 1.165) is 35.6 Å². The molecular weight excluding hydrogens is 500 g/mol. The fourth-order valence-electron chi connectivity index (χ4n) is 2.23. The Bertz CT molecular complexity index is 1210. The van der Waals surface area contributed by atoms with Gasteiger partial charge in [-0.2, -0.15) is 4.72 Å². The van der Waals surface area contributed by atoms with Gasteiger partial charge in [0.1, 0.15) is 16.2 Å². The first-order valence-corrected chi connectivity index (χ1v) is 12.4. The molecule has 1 unspecified atom stereocenters. The number of rotatable bonds is 7. The summed E-state index contributed by atoms with van der Waals surface area (Å²) < 4.78 is 44.4. The van der Waals surface area contributed by atoms with E-state index in [1.165, 1.54) is 18.2 Å². The molecule has 0 spiro atoms. The lowest BCUT2D eigenvalue weighted by molar-refractivity contribution is -0.384. The number of hydrogen-bond acceptors (Lipinski definition) is 8. The predicted octanol–water partition coefficient (Wildman–Crippen LogP) is 4.78. The van der Waals surface area contributed by atoms with Crippen LogP contribution in [0.2, 0.25) is 10.0 Å². The second-order valence-corrected chi connectivity index (χ2v) is 11.3. The van der Waals surface area contributed by atoms with Crippen LogP contribution >= 0.6 is 42.1 Å². The molecule has 1 aromatic heterocycles. The molecule has 30 heavy (non-hydrogen) atoms. The number of fused-ring (bicyclic) bond motifs is 1. The quantitative estimate of drug-likeness (QED) is 0.230. The molecule has 0 radical (unpaired) electrons. The van der Waals surface area contributed by atoms with Gasteiger partial charge in [0.25, 0.3) is 15.7 Å². The molecule has 0 aliphatic carbocycles. The molecule has 10 nitrogen and oxygen atoms in total. The summed E-state index contributed by atoms with van der Waals surface area (Å²) in [5, 5.41) is 11.7. The summed E-state index contributed by atoms with van der Waals surface area (Å²) in [6.45, 7) is 0. The normalized spacial score (nSPS) is 13.4. The van der Waals surface area contributed by atoms with Crippen LogP contribution in [0.25, 0.3) is 10.1 Å². The van der Waals surface area contributed by atoms with Gasteiger partial charge >= 0.3 is 7.60 Å². The van der Waals surface area contributed by atoms with Crippen molar-refractivity contribution >= 4 is 67.9 Å². The average Bonchev–Trinajstić information content (AvgIpc) is 3.11. The summed E-state index contributed by atoms with van der Waals surface area (Å²) in [6, 6.07) is 8.82. The van der Waals surface area contributed by atoms with Crippen molar-refractivity contribution in [2.24, 2.45) is 0 Å². The molecule has 1 heterocycles. The zero-order valence-electron chi connectivity index (χ0n) is 14.8. The van der Waals surface area contributed by atoms with Crippen molar-refractivity contribution in [3.63, 3.8) is 0 Å². The molecule has 3 aromatic rings. The van der Waals surface area contributed by atoms with E-state index in [1.54, 1.807) is 0 Å². The summed E-state index contributed by atoms with van der Waals surface area (Å²) >= 11 is 13.0. The molecule has 0 aliphatic rings. The van der Waals surface area contributed by atoms with E-state index in [-0.39, 0.29) is 21.8 Å². The lowest BCUT2D eigenvalue weighted by Crippen LogP contribution is -2.25. The van der Waals surface area contributed by atoms with Crippen LogP contribution in [0, 0.1) is 10.1 Å². The Labute approximate surface area is 184 Å². The first kappa shape index (κ1) is 24.5. The molecule has 5 N–H and O–H groups in total. The van der Waals surface area contributed by atoms with Gasteiger partial charge in [-0.3, -0.25) is 10.1 Å². The van der Waals surface area contributed by atoms with Crippen molar-refractivity contribution < 1.29 is 27.3 Å². The maximum absolute atomic E-state index is 12.5. The number of sulfonamides is 1. The van der Waals surface area contributed by atoms with E-state index in [1.807, 2.05) is 4.72 Å². The zero-order chi connectivity index (χ0) is 21.4. The van der Waals surface area contributed by atoms with E-state index in [4.69, 9.17) is 27.7 Å². The van der Waals surface area contributed by atoms with Crippen LogP contribution in [0.4, 0.5) is 5.69 Å². The van der Waals surface area contributed by atoms with Crippen LogP contribution in [0.3, 0.4) is 0 Å². The second-order valence-electron chi connectivity index (χ2n) is 5.62. The summed E-state index contributed by atoms with van der Waals surface area (Å²) in [7, 11) is -8.58. The van der Waals surface area contributed by atoms with E-state index >= 15 is 0 Å².